The van der Waals surface area contributed by atoms with Crippen LogP contribution >= 0.6 is 23.7 Å². The molecule has 1 aromatic heterocycles. The SMILES string of the molecule is Cl.O=C(NC1(C(=O)NC2CCNCC2O)CCCCC1)c1cc2ccccc2s1. The summed E-state index contributed by atoms with van der Waals surface area (Å²) in [6.45, 7) is 1.25. The second-order valence-electron chi connectivity index (χ2n) is 7.89. The Labute approximate surface area is 180 Å². The molecule has 2 fully saturated rings. The normalized spacial score (nSPS) is 23.8. The standard InChI is InChI=1S/C21H27N3O3S.ClH/c25-16-13-22-11-8-15(16)23-20(27)21(9-4-1-5-10-21)24-19(26)18-12-14-6-2-3-7-17(14)28-18;/h2-3,6-7,12,15-16,22,25H,1,4-5,8-11,13H2,(H,23,27)(H,24,26);1H. The molecule has 2 atom stereocenters. The first-order chi connectivity index (χ1) is 13.6. The monoisotopic (exact) mass is 437 g/mol. The summed E-state index contributed by atoms with van der Waals surface area (Å²) in [4.78, 5) is 26.9. The minimum absolute atomic E-state index is 0. The van der Waals surface area contributed by atoms with E-state index in [1.54, 1.807) is 0 Å². The first-order valence-electron chi connectivity index (χ1n) is 10.1. The Morgan fingerprint density at radius 1 is 1.17 bits per heavy atom. The van der Waals surface area contributed by atoms with Crippen LogP contribution in [0.2, 0.25) is 0 Å². The average Bonchev–Trinajstić information content (AvgIpc) is 3.15. The number of amides is 2. The molecule has 1 saturated heterocycles. The predicted molar refractivity (Wildman–Crippen MR) is 118 cm³/mol. The summed E-state index contributed by atoms with van der Waals surface area (Å²) in [5.74, 6) is -0.350. The molecule has 0 bridgehead atoms. The van der Waals surface area contributed by atoms with Crippen LogP contribution < -0.4 is 16.0 Å². The van der Waals surface area contributed by atoms with Crippen molar-refractivity contribution >= 4 is 45.6 Å². The molecule has 1 aromatic carbocycles. The van der Waals surface area contributed by atoms with Crippen molar-refractivity contribution in [1.29, 1.82) is 0 Å². The van der Waals surface area contributed by atoms with Gasteiger partial charge in [0.15, 0.2) is 0 Å². The fraction of sp³-hybridized carbons (Fsp3) is 0.524. The van der Waals surface area contributed by atoms with E-state index in [0.717, 1.165) is 35.9 Å². The third-order valence-corrected chi connectivity index (χ3v) is 7.03. The van der Waals surface area contributed by atoms with Crippen LogP contribution in [0, 0.1) is 0 Å². The molecule has 1 saturated carbocycles. The van der Waals surface area contributed by atoms with Gasteiger partial charge in [0.25, 0.3) is 5.91 Å². The highest BCUT2D eigenvalue weighted by Gasteiger charge is 2.42. The molecular weight excluding hydrogens is 410 g/mol. The van der Waals surface area contributed by atoms with E-state index >= 15 is 0 Å². The van der Waals surface area contributed by atoms with Gasteiger partial charge in [0.05, 0.1) is 17.0 Å². The van der Waals surface area contributed by atoms with Gasteiger partial charge in [0.1, 0.15) is 5.54 Å². The second kappa shape index (κ2) is 9.43. The van der Waals surface area contributed by atoms with Gasteiger partial charge in [-0.3, -0.25) is 9.59 Å². The van der Waals surface area contributed by atoms with Gasteiger partial charge >= 0.3 is 0 Å². The molecule has 4 N–H and O–H groups in total. The zero-order valence-electron chi connectivity index (χ0n) is 16.3. The number of carbonyl (C=O) groups excluding carboxylic acids is 2. The lowest BCUT2D eigenvalue weighted by atomic mass is 9.80. The quantitative estimate of drug-likeness (QED) is 0.591. The molecule has 2 amide bonds. The van der Waals surface area contributed by atoms with Gasteiger partial charge in [-0.05, 0) is 43.3 Å². The van der Waals surface area contributed by atoms with E-state index in [1.807, 2.05) is 30.3 Å². The van der Waals surface area contributed by atoms with Crippen molar-refractivity contribution in [1.82, 2.24) is 16.0 Å². The number of aliphatic hydroxyl groups is 1. The fourth-order valence-corrected chi connectivity index (χ4v) is 5.21. The van der Waals surface area contributed by atoms with Crippen LogP contribution in [0.3, 0.4) is 0 Å². The third-order valence-electron chi connectivity index (χ3n) is 5.91. The third kappa shape index (κ3) is 4.74. The Morgan fingerprint density at radius 2 is 1.93 bits per heavy atom. The molecule has 6 nitrogen and oxygen atoms in total. The lowest BCUT2D eigenvalue weighted by Gasteiger charge is -2.39. The molecule has 2 unspecified atom stereocenters. The maximum atomic E-state index is 13.2. The van der Waals surface area contributed by atoms with Crippen molar-refractivity contribution in [2.24, 2.45) is 0 Å². The number of hydrogen-bond donors (Lipinski definition) is 4. The Morgan fingerprint density at radius 3 is 2.66 bits per heavy atom. The Hall–Kier alpha value is -1.67. The number of piperidine rings is 1. The van der Waals surface area contributed by atoms with Gasteiger partial charge in [-0.2, -0.15) is 0 Å². The Bertz CT molecular complexity index is 833. The largest absolute Gasteiger partial charge is 0.390 e. The van der Waals surface area contributed by atoms with Crippen LogP contribution in [-0.2, 0) is 4.79 Å². The topological polar surface area (TPSA) is 90.5 Å². The molecule has 0 spiro atoms. The van der Waals surface area contributed by atoms with Crippen molar-refractivity contribution in [3.05, 3.63) is 35.2 Å². The van der Waals surface area contributed by atoms with Crippen molar-refractivity contribution in [2.75, 3.05) is 13.1 Å². The molecule has 2 heterocycles. The van der Waals surface area contributed by atoms with Crippen LogP contribution in [-0.4, -0.2) is 47.7 Å². The van der Waals surface area contributed by atoms with Gasteiger partial charge in [-0.15, -0.1) is 23.7 Å². The van der Waals surface area contributed by atoms with Gasteiger partial charge in [0, 0.05) is 11.2 Å². The number of carbonyl (C=O) groups is 2. The number of rotatable bonds is 4. The Kier molecular flexibility index (Phi) is 7.16. The summed E-state index contributed by atoms with van der Waals surface area (Å²) in [6.07, 6.45) is 4.25. The van der Waals surface area contributed by atoms with E-state index in [1.165, 1.54) is 11.3 Å². The zero-order valence-corrected chi connectivity index (χ0v) is 17.9. The second-order valence-corrected chi connectivity index (χ2v) is 8.97. The number of thiophene rings is 1. The summed E-state index contributed by atoms with van der Waals surface area (Å²) in [7, 11) is 0. The van der Waals surface area contributed by atoms with Crippen molar-refractivity contribution in [3.63, 3.8) is 0 Å². The number of nitrogens with one attached hydrogen (secondary N) is 3. The highest BCUT2D eigenvalue weighted by Crippen LogP contribution is 2.31. The smallest absolute Gasteiger partial charge is 0.262 e. The summed E-state index contributed by atoms with van der Waals surface area (Å²) in [6, 6.07) is 9.52. The average molecular weight is 438 g/mol. The number of hydrogen-bond acceptors (Lipinski definition) is 5. The van der Waals surface area contributed by atoms with E-state index in [9.17, 15) is 14.7 Å². The maximum Gasteiger partial charge on any atom is 0.262 e. The zero-order chi connectivity index (χ0) is 19.6. The van der Waals surface area contributed by atoms with Gasteiger partial charge in [-0.25, -0.2) is 0 Å². The first kappa shape index (κ1) is 22.0. The molecule has 1 aliphatic carbocycles. The van der Waals surface area contributed by atoms with Crippen molar-refractivity contribution < 1.29 is 14.7 Å². The summed E-state index contributed by atoms with van der Waals surface area (Å²) < 4.78 is 1.06. The van der Waals surface area contributed by atoms with Crippen molar-refractivity contribution in [3.8, 4) is 0 Å². The Balaban J connectivity index is 0.00000240. The van der Waals surface area contributed by atoms with E-state index in [0.29, 0.717) is 30.7 Å². The molecular formula is C21H28ClN3O3S. The number of halogens is 1. The minimum Gasteiger partial charge on any atom is -0.390 e. The van der Waals surface area contributed by atoms with Crippen LogP contribution in [0.25, 0.3) is 10.1 Å². The summed E-state index contributed by atoms with van der Waals surface area (Å²) >= 11 is 1.45. The fourth-order valence-electron chi connectivity index (χ4n) is 4.25. The molecule has 2 aromatic rings. The van der Waals surface area contributed by atoms with Gasteiger partial charge < -0.3 is 21.1 Å². The molecule has 0 radical (unpaired) electrons. The lowest BCUT2D eigenvalue weighted by Crippen LogP contribution is -2.63. The maximum absolute atomic E-state index is 13.2. The van der Waals surface area contributed by atoms with Crippen LogP contribution in [0.15, 0.2) is 30.3 Å². The number of β-amino-alcohol motifs (C(OH)–C–C–N with tert-alkyl or cyclic N) is 1. The molecule has 4 rings (SSSR count). The van der Waals surface area contributed by atoms with E-state index < -0.39 is 11.6 Å². The van der Waals surface area contributed by atoms with Crippen LogP contribution in [0.1, 0.15) is 48.2 Å². The summed E-state index contributed by atoms with van der Waals surface area (Å²) in [5, 5.41) is 20.4. The highest BCUT2D eigenvalue weighted by atomic mass is 35.5. The minimum atomic E-state index is -0.893. The number of aliphatic hydroxyl groups excluding tert-OH is 1. The lowest BCUT2D eigenvalue weighted by molar-refractivity contribution is -0.130. The molecule has 158 valence electrons. The van der Waals surface area contributed by atoms with Crippen LogP contribution in [0.4, 0.5) is 0 Å². The first-order valence-corrected chi connectivity index (χ1v) is 10.9. The molecule has 2 aliphatic rings. The van der Waals surface area contributed by atoms with E-state index in [2.05, 4.69) is 16.0 Å². The number of fused-ring (bicyclic) bond motifs is 1. The number of benzene rings is 1. The molecule has 29 heavy (non-hydrogen) atoms. The van der Waals surface area contributed by atoms with Gasteiger partial charge in [-0.1, -0.05) is 37.5 Å². The van der Waals surface area contributed by atoms with E-state index in [4.69, 9.17) is 0 Å². The van der Waals surface area contributed by atoms with E-state index in [-0.39, 0.29) is 30.3 Å². The molecule has 1 aliphatic heterocycles. The predicted octanol–water partition coefficient (Wildman–Crippen LogP) is 2.59. The van der Waals surface area contributed by atoms with Gasteiger partial charge in [0.2, 0.25) is 5.91 Å². The highest BCUT2D eigenvalue weighted by molar-refractivity contribution is 7.20. The summed E-state index contributed by atoms with van der Waals surface area (Å²) in [5.41, 5.74) is -0.893. The van der Waals surface area contributed by atoms with Crippen molar-refractivity contribution in [2.45, 2.75) is 56.2 Å². The molecule has 8 heteroatoms. The van der Waals surface area contributed by atoms with Crippen LogP contribution in [0.5, 0.6) is 0 Å².